The first-order chi connectivity index (χ1) is 12.4. The van der Waals surface area contributed by atoms with Crippen LogP contribution in [0.4, 0.5) is 0 Å². The second-order valence-corrected chi connectivity index (χ2v) is 6.11. The SMILES string of the molecule is C1=C(c2ccccc2)NCN=C1c1ccc2c(c1)oc1ccccc12. The van der Waals surface area contributed by atoms with Crippen LogP contribution in [-0.4, -0.2) is 12.4 Å². The van der Waals surface area contributed by atoms with Crippen LogP contribution in [0.3, 0.4) is 0 Å². The van der Waals surface area contributed by atoms with Crippen molar-refractivity contribution >= 4 is 33.3 Å². The molecule has 3 heteroatoms. The van der Waals surface area contributed by atoms with Gasteiger partial charge in [-0.1, -0.05) is 54.6 Å². The van der Waals surface area contributed by atoms with E-state index < -0.39 is 0 Å². The van der Waals surface area contributed by atoms with Gasteiger partial charge in [0.2, 0.25) is 0 Å². The van der Waals surface area contributed by atoms with Crippen LogP contribution in [0.1, 0.15) is 11.1 Å². The van der Waals surface area contributed by atoms with E-state index in [4.69, 9.17) is 4.42 Å². The Bertz CT molecular complexity index is 1140. The first kappa shape index (κ1) is 14.1. The van der Waals surface area contributed by atoms with Crippen LogP contribution in [0.2, 0.25) is 0 Å². The number of hydrogen-bond donors (Lipinski definition) is 1. The number of benzene rings is 3. The highest BCUT2D eigenvalue weighted by molar-refractivity contribution is 6.15. The Balaban J connectivity index is 1.59. The van der Waals surface area contributed by atoms with Crippen molar-refractivity contribution < 1.29 is 4.42 Å². The van der Waals surface area contributed by atoms with Gasteiger partial charge in [-0.05, 0) is 29.8 Å². The molecule has 0 aliphatic carbocycles. The summed E-state index contributed by atoms with van der Waals surface area (Å²) in [4.78, 5) is 4.62. The zero-order valence-corrected chi connectivity index (χ0v) is 13.6. The third-order valence-corrected chi connectivity index (χ3v) is 4.56. The van der Waals surface area contributed by atoms with Crippen molar-refractivity contribution in [3.63, 3.8) is 0 Å². The molecule has 2 heterocycles. The highest BCUT2D eigenvalue weighted by atomic mass is 16.3. The normalized spacial score (nSPS) is 14.2. The second kappa shape index (κ2) is 5.64. The van der Waals surface area contributed by atoms with Crippen molar-refractivity contribution in [2.75, 3.05) is 6.67 Å². The molecule has 3 aromatic carbocycles. The molecule has 0 saturated carbocycles. The molecule has 0 spiro atoms. The molecule has 1 N–H and O–H groups in total. The lowest BCUT2D eigenvalue weighted by molar-refractivity contribution is 0.669. The van der Waals surface area contributed by atoms with Gasteiger partial charge < -0.3 is 9.73 Å². The standard InChI is InChI=1S/C22H16N2O/c1-2-6-15(7-3-1)19-13-20(24-14-23-19)16-10-11-18-17-8-4-5-9-21(17)25-22(18)12-16/h1-13,23H,14H2. The number of nitrogens with one attached hydrogen (secondary N) is 1. The summed E-state index contributed by atoms with van der Waals surface area (Å²) in [6.45, 7) is 0.578. The van der Waals surface area contributed by atoms with E-state index in [0.29, 0.717) is 6.67 Å². The van der Waals surface area contributed by atoms with Crippen molar-refractivity contribution in [1.29, 1.82) is 0 Å². The fourth-order valence-corrected chi connectivity index (χ4v) is 3.31. The number of aliphatic imine (C=N–C) groups is 1. The third kappa shape index (κ3) is 2.41. The molecule has 1 aliphatic heterocycles. The molecule has 0 fully saturated rings. The Kier molecular flexibility index (Phi) is 3.17. The maximum atomic E-state index is 6.00. The van der Waals surface area contributed by atoms with Crippen molar-refractivity contribution in [1.82, 2.24) is 5.32 Å². The molecule has 0 unspecified atom stereocenters. The molecule has 1 aromatic heterocycles. The average Bonchev–Trinajstić information content (AvgIpc) is 3.06. The van der Waals surface area contributed by atoms with Gasteiger partial charge in [0.15, 0.2) is 0 Å². The summed E-state index contributed by atoms with van der Waals surface area (Å²) in [7, 11) is 0. The molecule has 1 aliphatic rings. The van der Waals surface area contributed by atoms with E-state index in [-0.39, 0.29) is 0 Å². The van der Waals surface area contributed by atoms with Crippen LogP contribution in [0.5, 0.6) is 0 Å². The highest BCUT2D eigenvalue weighted by Gasteiger charge is 2.12. The lowest BCUT2D eigenvalue weighted by Gasteiger charge is -2.16. The number of para-hydroxylation sites is 1. The molecular formula is C22H16N2O. The topological polar surface area (TPSA) is 37.5 Å². The summed E-state index contributed by atoms with van der Waals surface area (Å²) < 4.78 is 6.00. The average molecular weight is 324 g/mol. The van der Waals surface area contributed by atoms with Crippen molar-refractivity contribution in [2.24, 2.45) is 4.99 Å². The zero-order chi connectivity index (χ0) is 16.6. The summed E-state index contributed by atoms with van der Waals surface area (Å²) >= 11 is 0. The first-order valence-corrected chi connectivity index (χ1v) is 8.36. The minimum absolute atomic E-state index is 0.578. The predicted molar refractivity (Wildman–Crippen MR) is 103 cm³/mol. The number of fused-ring (bicyclic) bond motifs is 3. The van der Waals surface area contributed by atoms with Gasteiger partial charge in [-0.3, -0.25) is 4.99 Å². The van der Waals surface area contributed by atoms with Crippen LogP contribution in [0.15, 0.2) is 88.3 Å². The van der Waals surface area contributed by atoms with Gasteiger partial charge in [-0.2, -0.15) is 0 Å². The number of allylic oxidation sites excluding steroid dienone is 1. The van der Waals surface area contributed by atoms with Gasteiger partial charge in [0.1, 0.15) is 17.8 Å². The Morgan fingerprint density at radius 3 is 2.48 bits per heavy atom. The summed E-state index contributed by atoms with van der Waals surface area (Å²) in [5.74, 6) is 0. The predicted octanol–water partition coefficient (Wildman–Crippen LogP) is 4.98. The molecule has 0 saturated heterocycles. The summed E-state index contributed by atoms with van der Waals surface area (Å²) in [6.07, 6.45) is 2.10. The maximum Gasteiger partial charge on any atom is 0.136 e. The summed E-state index contributed by atoms with van der Waals surface area (Å²) in [5, 5.41) is 5.63. The lowest BCUT2D eigenvalue weighted by Crippen LogP contribution is -2.20. The number of furan rings is 1. The van der Waals surface area contributed by atoms with Crippen LogP contribution < -0.4 is 5.32 Å². The summed E-state index contributed by atoms with van der Waals surface area (Å²) in [5.41, 5.74) is 6.12. The van der Waals surface area contributed by atoms with E-state index in [2.05, 4.69) is 52.8 Å². The van der Waals surface area contributed by atoms with E-state index in [0.717, 1.165) is 38.9 Å². The molecule has 120 valence electrons. The van der Waals surface area contributed by atoms with Crippen LogP contribution >= 0.6 is 0 Å². The van der Waals surface area contributed by atoms with Gasteiger partial charge in [-0.15, -0.1) is 0 Å². The molecular weight excluding hydrogens is 308 g/mol. The minimum Gasteiger partial charge on any atom is -0.456 e. The maximum absolute atomic E-state index is 6.00. The Hall–Kier alpha value is -3.33. The zero-order valence-electron chi connectivity index (χ0n) is 13.6. The molecule has 5 rings (SSSR count). The second-order valence-electron chi connectivity index (χ2n) is 6.11. The van der Waals surface area contributed by atoms with Crippen LogP contribution in [0, 0.1) is 0 Å². The van der Waals surface area contributed by atoms with Gasteiger partial charge in [-0.25, -0.2) is 0 Å². The number of rotatable bonds is 2. The minimum atomic E-state index is 0.578. The van der Waals surface area contributed by atoms with Crippen molar-refractivity contribution in [3.8, 4) is 0 Å². The van der Waals surface area contributed by atoms with E-state index >= 15 is 0 Å². The molecule has 25 heavy (non-hydrogen) atoms. The van der Waals surface area contributed by atoms with Gasteiger partial charge in [0.25, 0.3) is 0 Å². The third-order valence-electron chi connectivity index (χ3n) is 4.56. The molecule has 4 aromatic rings. The largest absolute Gasteiger partial charge is 0.456 e. The number of nitrogens with zero attached hydrogens (tertiary/aromatic N) is 1. The monoisotopic (exact) mass is 324 g/mol. The molecule has 0 atom stereocenters. The van der Waals surface area contributed by atoms with Gasteiger partial charge in [0.05, 0.1) is 5.71 Å². The van der Waals surface area contributed by atoms with E-state index in [1.54, 1.807) is 0 Å². The van der Waals surface area contributed by atoms with E-state index in [1.807, 2.05) is 36.4 Å². The summed E-state index contributed by atoms with van der Waals surface area (Å²) in [6, 6.07) is 24.8. The highest BCUT2D eigenvalue weighted by Crippen LogP contribution is 2.29. The van der Waals surface area contributed by atoms with Gasteiger partial charge in [0, 0.05) is 22.0 Å². The van der Waals surface area contributed by atoms with Gasteiger partial charge >= 0.3 is 0 Å². The lowest BCUT2D eigenvalue weighted by atomic mass is 10.0. The molecule has 0 amide bonds. The van der Waals surface area contributed by atoms with Crippen LogP contribution in [-0.2, 0) is 0 Å². The number of hydrogen-bond acceptors (Lipinski definition) is 3. The van der Waals surface area contributed by atoms with Crippen molar-refractivity contribution in [2.45, 2.75) is 0 Å². The van der Waals surface area contributed by atoms with E-state index in [9.17, 15) is 0 Å². The molecule has 0 radical (unpaired) electrons. The van der Waals surface area contributed by atoms with Crippen molar-refractivity contribution in [3.05, 3.63) is 90.0 Å². The molecule has 0 bridgehead atoms. The fraction of sp³-hybridized carbons (Fsp3) is 0.0455. The smallest absolute Gasteiger partial charge is 0.136 e. The Morgan fingerprint density at radius 2 is 1.56 bits per heavy atom. The first-order valence-electron chi connectivity index (χ1n) is 8.36. The Morgan fingerprint density at radius 1 is 0.760 bits per heavy atom. The molecule has 3 nitrogen and oxygen atoms in total. The quantitative estimate of drug-likeness (QED) is 0.565. The Labute approximate surface area is 145 Å². The van der Waals surface area contributed by atoms with E-state index in [1.165, 1.54) is 5.56 Å². The van der Waals surface area contributed by atoms with Crippen LogP contribution in [0.25, 0.3) is 27.6 Å². The fourth-order valence-electron chi connectivity index (χ4n) is 3.31.